The van der Waals surface area contributed by atoms with Crippen molar-refractivity contribution in [2.45, 2.75) is 19.9 Å². The molecule has 0 bridgehead atoms. The SMILES string of the molecule is CN1C[C@@]2(C)C(N(C)P)[C@@]2(C)C1. The Bertz CT molecular complexity index is 201. The normalized spacial score (nSPS) is 53.0. The summed E-state index contributed by atoms with van der Waals surface area (Å²) in [6.45, 7) is 7.35. The van der Waals surface area contributed by atoms with E-state index in [1.165, 1.54) is 13.1 Å². The lowest BCUT2D eigenvalue weighted by Crippen LogP contribution is -2.30. The number of likely N-dealkylation sites (tertiary alicyclic amines) is 1. The third kappa shape index (κ3) is 0.814. The highest BCUT2D eigenvalue weighted by molar-refractivity contribution is 7.13. The molecule has 70 valence electrons. The van der Waals surface area contributed by atoms with Crippen LogP contribution in [0.4, 0.5) is 0 Å². The second-order valence-electron chi connectivity index (χ2n) is 5.08. The zero-order valence-electron chi connectivity index (χ0n) is 8.46. The van der Waals surface area contributed by atoms with Crippen LogP contribution in [-0.4, -0.2) is 42.8 Å². The maximum absolute atomic E-state index is 2.81. The van der Waals surface area contributed by atoms with E-state index >= 15 is 0 Å². The maximum Gasteiger partial charge on any atom is 0.0271 e. The van der Waals surface area contributed by atoms with E-state index in [0.717, 1.165) is 6.04 Å². The fourth-order valence-corrected chi connectivity index (χ4v) is 4.19. The van der Waals surface area contributed by atoms with Crippen molar-refractivity contribution in [3.8, 4) is 0 Å². The molecule has 0 spiro atoms. The Labute approximate surface area is 77.6 Å². The minimum absolute atomic E-state index is 0.540. The molecular formula is C9H19N2P. The van der Waals surface area contributed by atoms with Crippen molar-refractivity contribution in [3.05, 3.63) is 0 Å². The first kappa shape index (κ1) is 8.93. The van der Waals surface area contributed by atoms with Crippen LogP contribution in [0.2, 0.25) is 0 Å². The molecule has 0 radical (unpaired) electrons. The Morgan fingerprint density at radius 1 is 1.33 bits per heavy atom. The van der Waals surface area contributed by atoms with Crippen LogP contribution < -0.4 is 0 Å². The van der Waals surface area contributed by atoms with Gasteiger partial charge in [-0.25, -0.2) is 0 Å². The first-order chi connectivity index (χ1) is 5.42. The van der Waals surface area contributed by atoms with Gasteiger partial charge in [0.2, 0.25) is 0 Å². The van der Waals surface area contributed by atoms with E-state index in [4.69, 9.17) is 0 Å². The molecule has 2 nitrogen and oxygen atoms in total. The van der Waals surface area contributed by atoms with E-state index in [0.29, 0.717) is 10.8 Å². The van der Waals surface area contributed by atoms with Gasteiger partial charge >= 0.3 is 0 Å². The van der Waals surface area contributed by atoms with Crippen molar-refractivity contribution in [2.24, 2.45) is 10.8 Å². The maximum atomic E-state index is 2.81. The molecule has 2 unspecified atom stereocenters. The lowest BCUT2D eigenvalue weighted by molar-refractivity contribution is 0.279. The third-order valence-electron chi connectivity index (χ3n) is 4.03. The Kier molecular flexibility index (Phi) is 1.66. The molecule has 1 saturated carbocycles. The van der Waals surface area contributed by atoms with Gasteiger partial charge < -0.3 is 4.90 Å². The minimum Gasteiger partial charge on any atom is -0.305 e. The van der Waals surface area contributed by atoms with Crippen LogP contribution in [0, 0.1) is 10.8 Å². The molecule has 4 atom stereocenters. The number of rotatable bonds is 1. The number of hydrogen-bond donors (Lipinski definition) is 0. The second-order valence-corrected chi connectivity index (χ2v) is 5.89. The average molecular weight is 186 g/mol. The zero-order chi connectivity index (χ0) is 9.15. The highest BCUT2D eigenvalue weighted by atomic mass is 31.0. The number of piperidine rings is 1. The minimum atomic E-state index is 0.540. The van der Waals surface area contributed by atoms with Crippen molar-refractivity contribution >= 4 is 9.39 Å². The molecule has 0 aromatic rings. The summed E-state index contributed by atoms with van der Waals surface area (Å²) in [5.74, 6) is 0. The molecule has 1 heterocycles. The van der Waals surface area contributed by atoms with Crippen LogP contribution >= 0.6 is 9.39 Å². The zero-order valence-corrected chi connectivity index (χ0v) is 9.62. The highest BCUT2D eigenvalue weighted by Gasteiger charge is 2.75. The summed E-state index contributed by atoms with van der Waals surface area (Å²) in [4.78, 5) is 2.45. The Balaban J connectivity index is 2.20. The summed E-state index contributed by atoms with van der Waals surface area (Å²) in [6.07, 6.45) is 0. The van der Waals surface area contributed by atoms with Gasteiger partial charge in [-0.1, -0.05) is 23.2 Å². The van der Waals surface area contributed by atoms with Crippen molar-refractivity contribution in [2.75, 3.05) is 27.2 Å². The quantitative estimate of drug-likeness (QED) is 0.565. The highest BCUT2D eigenvalue weighted by Crippen LogP contribution is 2.69. The summed E-state index contributed by atoms with van der Waals surface area (Å²) in [7, 11) is 7.21. The van der Waals surface area contributed by atoms with E-state index in [1.54, 1.807) is 0 Å². The molecule has 0 aromatic heterocycles. The number of hydrogen-bond acceptors (Lipinski definition) is 2. The van der Waals surface area contributed by atoms with E-state index < -0.39 is 0 Å². The summed E-state index contributed by atoms with van der Waals surface area (Å²) in [5, 5.41) is 0. The monoisotopic (exact) mass is 186 g/mol. The van der Waals surface area contributed by atoms with E-state index in [2.05, 4.69) is 46.9 Å². The lowest BCUT2D eigenvalue weighted by Gasteiger charge is -2.22. The van der Waals surface area contributed by atoms with Gasteiger partial charge in [-0.05, 0) is 14.1 Å². The van der Waals surface area contributed by atoms with Gasteiger partial charge in [0.1, 0.15) is 0 Å². The second kappa shape index (κ2) is 2.23. The molecule has 3 heteroatoms. The fourth-order valence-electron chi connectivity index (χ4n) is 3.54. The molecule has 1 aliphatic carbocycles. The molecule has 2 fully saturated rings. The summed E-state index contributed by atoms with van der Waals surface area (Å²) >= 11 is 0. The molecule has 2 aliphatic rings. The first-order valence-corrected chi connectivity index (χ1v) is 5.09. The number of nitrogens with zero attached hydrogens (tertiary/aromatic N) is 2. The first-order valence-electron chi connectivity index (χ1n) is 4.58. The van der Waals surface area contributed by atoms with Gasteiger partial charge in [0.05, 0.1) is 0 Å². The van der Waals surface area contributed by atoms with E-state index in [1.807, 2.05) is 0 Å². The molecule has 0 N–H and O–H groups in total. The Hall–Kier alpha value is 0.350. The standard InChI is InChI=1S/C9H19N2P/c1-8-5-10(3)6-9(8,2)7(8)11(4)12/h7H,5-6,12H2,1-4H3/t7?,8-,9+. The van der Waals surface area contributed by atoms with Gasteiger partial charge in [-0.2, -0.15) is 0 Å². The summed E-state index contributed by atoms with van der Waals surface area (Å²) < 4.78 is 2.31. The summed E-state index contributed by atoms with van der Waals surface area (Å²) in [5.41, 5.74) is 1.08. The van der Waals surface area contributed by atoms with Crippen LogP contribution in [0.15, 0.2) is 0 Å². The van der Waals surface area contributed by atoms with Crippen molar-refractivity contribution in [1.29, 1.82) is 0 Å². The number of fused-ring (bicyclic) bond motifs is 1. The van der Waals surface area contributed by atoms with Gasteiger partial charge in [0.15, 0.2) is 0 Å². The molecule has 0 aromatic carbocycles. The summed E-state index contributed by atoms with van der Waals surface area (Å²) in [6, 6.07) is 0.770. The van der Waals surface area contributed by atoms with Crippen molar-refractivity contribution in [3.63, 3.8) is 0 Å². The van der Waals surface area contributed by atoms with Crippen LogP contribution in [0.3, 0.4) is 0 Å². The predicted molar refractivity (Wildman–Crippen MR) is 55.0 cm³/mol. The van der Waals surface area contributed by atoms with Crippen LogP contribution in [0.1, 0.15) is 13.8 Å². The lowest BCUT2D eigenvalue weighted by atomic mass is 10.0. The fraction of sp³-hybridized carbons (Fsp3) is 1.00. The molecular weight excluding hydrogens is 167 g/mol. The van der Waals surface area contributed by atoms with Crippen LogP contribution in [0.5, 0.6) is 0 Å². The molecule has 12 heavy (non-hydrogen) atoms. The van der Waals surface area contributed by atoms with Crippen LogP contribution in [-0.2, 0) is 0 Å². The largest absolute Gasteiger partial charge is 0.305 e. The van der Waals surface area contributed by atoms with E-state index in [-0.39, 0.29) is 0 Å². The third-order valence-corrected chi connectivity index (χ3v) is 4.33. The Morgan fingerprint density at radius 3 is 2.08 bits per heavy atom. The van der Waals surface area contributed by atoms with Gasteiger partial charge in [0.25, 0.3) is 0 Å². The molecule has 1 aliphatic heterocycles. The van der Waals surface area contributed by atoms with E-state index in [9.17, 15) is 0 Å². The van der Waals surface area contributed by atoms with Crippen LogP contribution in [0.25, 0.3) is 0 Å². The average Bonchev–Trinajstić information content (AvgIpc) is 2.15. The molecule has 1 saturated heterocycles. The van der Waals surface area contributed by atoms with Gasteiger partial charge in [0, 0.05) is 30.0 Å². The molecule has 2 rings (SSSR count). The smallest absolute Gasteiger partial charge is 0.0271 e. The topological polar surface area (TPSA) is 6.48 Å². The van der Waals surface area contributed by atoms with Gasteiger partial charge in [-0.15, -0.1) is 0 Å². The Morgan fingerprint density at radius 2 is 1.75 bits per heavy atom. The van der Waals surface area contributed by atoms with Crippen molar-refractivity contribution < 1.29 is 0 Å². The van der Waals surface area contributed by atoms with Crippen molar-refractivity contribution in [1.82, 2.24) is 9.57 Å². The molecule has 0 amide bonds. The predicted octanol–water partition coefficient (Wildman–Crippen LogP) is 1.05. The van der Waals surface area contributed by atoms with Gasteiger partial charge in [-0.3, -0.25) is 4.67 Å².